The molecule has 17 heavy (non-hydrogen) atoms. The van der Waals surface area contributed by atoms with Crippen LogP contribution in [0.25, 0.3) is 10.9 Å². The van der Waals surface area contributed by atoms with Crippen molar-refractivity contribution < 1.29 is 0 Å². The average molecular weight is 224 g/mol. The van der Waals surface area contributed by atoms with Gasteiger partial charge in [0, 0.05) is 29.7 Å². The molecule has 4 nitrogen and oxygen atoms in total. The van der Waals surface area contributed by atoms with Gasteiger partial charge < -0.3 is 5.73 Å². The van der Waals surface area contributed by atoms with Gasteiger partial charge in [0.25, 0.3) is 0 Å². The summed E-state index contributed by atoms with van der Waals surface area (Å²) >= 11 is 0. The minimum absolute atomic E-state index is 0.747. The van der Waals surface area contributed by atoms with Gasteiger partial charge in [0.1, 0.15) is 0 Å². The van der Waals surface area contributed by atoms with Crippen LogP contribution < -0.4 is 5.73 Å². The predicted molar refractivity (Wildman–Crippen MR) is 67.5 cm³/mol. The molecule has 0 fully saturated rings. The number of aromatic nitrogens is 3. The molecule has 0 aliphatic heterocycles. The Kier molecular flexibility index (Phi) is 2.26. The Labute approximate surface area is 98.7 Å². The van der Waals surface area contributed by atoms with Crippen LogP contribution in [0.4, 0.5) is 5.69 Å². The van der Waals surface area contributed by atoms with Crippen LogP contribution in [0, 0.1) is 0 Å². The molecular formula is C13H12N4. The second-order valence-corrected chi connectivity index (χ2v) is 4.00. The fourth-order valence-electron chi connectivity index (χ4n) is 1.85. The number of hydrogen-bond donors (Lipinski definition) is 1. The SMILES string of the molecule is Nc1ccc2nn(Cc3ccncc3)cc2c1. The molecule has 0 amide bonds. The largest absolute Gasteiger partial charge is 0.399 e. The van der Waals surface area contributed by atoms with Gasteiger partial charge in [-0.15, -0.1) is 0 Å². The molecule has 0 bridgehead atoms. The van der Waals surface area contributed by atoms with Crippen LogP contribution in [-0.2, 0) is 6.54 Å². The van der Waals surface area contributed by atoms with Crippen molar-refractivity contribution in [1.82, 2.24) is 14.8 Å². The van der Waals surface area contributed by atoms with Gasteiger partial charge in [-0.2, -0.15) is 5.10 Å². The van der Waals surface area contributed by atoms with Crippen molar-refractivity contribution >= 4 is 16.6 Å². The zero-order valence-electron chi connectivity index (χ0n) is 9.24. The van der Waals surface area contributed by atoms with Gasteiger partial charge >= 0.3 is 0 Å². The maximum absolute atomic E-state index is 5.74. The predicted octanol–water partition coefficient (Wildman–Crippen LogP) is 2.06. The van der Waals surface area contributed by atoms with Crippen LogP contribution in [-0.4, -0.2) is 14.8 Å². The molecule has 0 radical (unpaired) electrons. The Morgan fingerprint density at radius 1 is 1.12 bits per heavy atom. The minimum atomic E-state index is 0.747. The van der Waals surface area contributed by atoms with E-state index in [1.165, 1.54) is 5.56 Å². The summed E-state index contributed by atoms with van der Waals surface area (Å²) in [5.74, 6) is 0. The lowest BCUT2D eigenvalue weighted by Crippen LogP contribution is -1.99. The Hall–Kier alpha value is -2.36. The highest BCUT2D eigenvalue weighted by Crippen LogP contribution is 2.16. The Bertz CT molecular complexity index is 643. The van der Waals surface area contributed by atoms with E-state index in [2.05, 4.69) is 10.1 Å². The van der Waals surface area contributed by atoms with E-state index in [9.17, 15) is 0 Å². The van der Waals surface area contributed by atoms with E-state index in [1.807, 2.05) is 41.2 Å². The van der Waals surface area contributed by atoms with E-state index in [0.29, 0.717) is 0 Å². The van der Waals surface area contributed by atoms with E-state index in [4.69, 9.17) is 5.73 Å². The van der Waals surface area contributed by atoms with Crippen molar-refractivity contribution in [3.05, 3.63) is 54.5 Å². The lowest BCUT2D eigenvalue weighted by molar-refractivity contribution is 0.695. The first-order valence-corrected chi connectivity index (χ1v) is 5.43. The first kappa shape index (κ1) is 9.84. The van der Waals surface area contributed by atoms with E-state index < -0.39 is 0 Å². The molecule has 0 saturated carbocycles. The van der Waals surface area contributed by atoms with Gasteiger partial charge in [0.2, 0.25) is 0 Å². The van der Waals surface area contributed by atoms with Crippen LogP contribution >= 0.6 is 0 Å². The summed E-state index contributed by atoms with van der Waals surface area (Å²) in [4.78, 5) is 4.00. The number of pyridine rings is 1. The molecule has 3 rings (SSSR count). The van der Waals surface area contributed by atoms with Gasteiger partial charge in [0.05, 0.1) is 12.1 Å². The van der Waals surface area contributed by atoms with Crippen LogP contribution in [0.1, 0.15) is 5.56 Å². The summed E-state index contributed by atoms with van der Waals surface area (Å²) in [6, 6.07) is 9.71. The second-order valence-electron chi connectivity index (χ2n) is 4.00. The highest BCUT2D eigenvalue weighted by Gasteiger charge is 2.01. The molecular weight excluding hydrogens is 212 g/mol. The van der Waals surface area contributed by atoms with Gasteiger partial charge in [-0.25, -0.2) is 0 Å². The fourth-order valence-corrected chi connectivity index (χ4v) is 1.85. The topological polar surface area (TPSA) is 56.7 Å². The molecule has 2 aromatic heterocycles. The molecule has 0 aliphatic carbocycles. The third kappa shape index (κ3) is 1.97. The number of fused-ring (bicyclic) bond motifs is 1. The van der Waals surface area contributed by atoms with Gasteiger partial charge in [-0.05, 0) is 35.9 Å². The molecule has 3 aromatic rings. The van der Waals surface area contributed by atoms with Crippen molar-refractivity contribution in [3.63, 3.8) is 0 Å². The average Bonchev–Trinajstić information content (AvgIpc) is 2.71. The van der Waals surface area contributed by atoms with Crippen LogP contribution in [0.15, 0.2) is 48.9 Å². The van der Waals surface area contributed by atoms with Gasteiger partial charge in [0.15, 0.2) is 0 Å². The summed E-state index contributed by atoms with van der Waals surface area (Å²) in [5, 5.41) is 5.56. The zero-order chi connectivity index (χ0) is 11.7. The summed E-state index contributed by atoms with van der Waals surface area (Å²) in [6.07, 6.45) is 5.58. The summed E-state index contributed by atoms with van der Waals surface area (Å²) in [5.41, 5.74) is 8.65. The maximum atomic E-state index is 5.74. The second kappa shape index (κ2) is 3.90. The molecule has 4 heteroatoms. The first-order chi connectivity index (χ1) is 8.31. The van der Waals surface area contributed by atoms with Crippen molar-refractivity contribution in [2.45, 2.75) is 6.54 Å². The number of nitrogens with two attached hydrogens (primary N) is 1. The monoisotopic (exact) mass is 224 g/mol. The summed E-state index contributed by atoms with van der Waals surface area (Å²) in [6.45, 7) is 0.747. The van der Waals surface area contributed by atoms with Crippen LogP contribution in [0.5, 0.6) is 0 Å². The van der Waals surface area contributed by atoms with Crippen molar-refractivity contribution in [3.8, 4) is 0 Å². The third-order valence-corrected chi connectivity index (χ3v) is 2.67. The molecule has 0 atom stereocenters. The number of benzene rings is 1. The molecule has 0 saturated heterocycles. The molecule has 2 N–H and O–H groups in total. The molecule has 0 aliphatic rings. The highest BCUT2D eigenvalue weighted by atomic mass is 15.3. The maximum Gasteiger partial charge on any atom is 0.0924 e. The Morgan fingerprint density at radius 2 is 1.94 bits per heavy atom. The molecule has 1 aromatic carbocycles. The number of rotatable bonds is 2. The van der Waals surface area contributed by atoms with E-state index in [1.54, 1.807) is 12.4 Å². The number of hydrogen-bond acceptors (Lipinski definition) is 3. The van der Waals surface area contributed by atoms with Gasteiger partial charge in [-0.3, -0.25) is 9.67 Å². The summed E-state index contributed by atoms with van der Waals surface area (Å²) in [7, 11) is 0. The number of nitrogen functional groups attached to an aromatic ring is 1. The van der Waals surface area contributed by atoms with E-state index >= 15 is 0 Å². The molecule has 0 spiro atoms. The first-order valence-electron chi connectivity index (χ1n) is 5.43. The van der Waals surface area contributed by atoms with Crippen molar-refractivity contribution in [1.29, 1.82) is 0 Å². The van der Waals surface area contributed by atoms with Gasteiger partial charge in [-0.1, -0.05) is 0 Å². The lowest BCUT2D eigenvalue weighted by Gasteiger charge is -1.99. The smallest absolute Gasteiger partial charge is 0.0924 e. The zero-order valence-corrected chi connectivity index (χ0v) is 9.24. The van der Waals surface area contributed by atoms with Crippen LogP contribution in [0.3, 0.4) is 0 Å². The lowest BCUT2D eigenvalue weighted by atomic mass is 10.2. The van der Waals surface area contributed by atoms with E-state index in [0.717, 1.165) is 23.1 Å². The quantitative estimate of drug-likeness (QED) is 0.678. The van der Waals surface area contributed by atoms with Crippen molar-refractivity contribution in [2.75, 3.05) is 5.73 Å². The van der Waals surface area contributed by atoms with Crippen molar-refractivity contribution in [2.24, 2.45) is 0 Å². The van der Waals surface area contributed by atoms with Crippen LogP contribution in [0.2, 0.25) is 0 Å². The normalized spacial score (nSPS) is 10.8. The standard InChI is InChI=1S/C13H12N4/c14-12-1-2-13-11(7-12)9-17(16-13)8-10-3-5-15-6-4-10/h1-7,9H,8,14H2. The highest BCUT2D eigenvalue weighted by molar-refractivity contribution is 5.81. The Balaban J connectivity index is 1.96. The molecule has 0 unspecified atom stereocenters. The number of anilines is 1. The molecule has 84 valence electrons. The van der Waals surface area contributed by atoms with E-state index in [-0.39, 0.29) is 0 Å². The summed E-state index contributed by atoms with van der Waals surface area (Å²) < 4.78 is 1.92. The molecule has 2 heterocycles. The third-order valence-electron chi connectivity index (χ3n) is 2.67. The minimum Gasteiger partial charge on any atom is -0.399 e. The number of nitrogens with zero attached hydrogens (tertiary/aromatic N) is 3. The fraction of sp³-hybridized carbons (Fsp3) is 0.0769. The Morgan fingerprint density at radius 3 is 2.76 bits per heavy atom.